The Morgan fingerprint density at radius 1 is 1.12 bits per heavy atom. The van der Waals surface area contributed by atoms with Crippen LogP contribution < -0.4 is 4.90 Å². The number of rotatable bonds is 4. The van der Waals surface area contributed by atoms with E-state index >= 15 is 0 Å². The molecule has 1 aromatic heterocycles. The van der Waals surface area contributed by atoms with Crippen LogP contribution in [0.4, 0.5) is 5.69 Å². The van der Waals surface area contributed by atoms with Crippen LogP contribution in [0.25, 0.3) is 11.4 Å². The van der Waals surface area contributed by atoms with E-state index in [4.69, 9.17) is 9.26 Å². The first-order valence-electron chi connectivity index (χ1n) is 10.2. The highest BCUT2D eigenvalue weighted by Gasteiger charge is 2.60. The molecule has 32 heavy (non-hydrogen) atoms. The molecule has 2 aromatic carbocycles. The van der Waals surface area contributed by atoms with Crippen LogP contribution in [0.5, 0.6) is 0 Å². The van der Waals surface area contributed by atoms with Gasteiger partial charge in [0, 0.05) is 25.5 Å². The lowest BCUT2D eigenvalue weighted by Gasteiger charge is -2.46. The molecule has 9 heteroatoms. The van der Waals surface area contributed by atoms with Crippen LogP contribution in [0.3, 0.4) is 0 Å². The van der Waals surface area contributed by atoms with Gasteiger partial charge in [-0.3, -0.25) is 14.5 Å². The SMILES string of the molecule is Cc1ccccc1-c1noc(COC(=O)C23CCC(=O)N2c2ccccc2C(=O)N3C)n1. The van der Waals surface area contributed by atoms with Crippen LogP contribution in [0.1, 0.15) is 34.7 Å². The summed E-state index contributed by atoms with van der Waals surface area (Å²) in [5, 5.41) is 3.96. The van der Waals surface area contributed by atoms with Crippen molar-refractivity contribution in [2.45, 2.75) is 32.0 Å². The second kappa shape index (κ2) is 7.30. The number of carbonyl (C=O) groups excluding carboxylic acids is 3. The minimum atomic E-state index is -1.54. The Morgan fingerprint density at radius 3 is 2.62 bits per heavy atom. The molecule has 1 unspecified atom stereocenters. The van der Waals surface area contributed by atoms with Gasteiger partial charge in [0.25, 0.3) is 11.8 Å². The number of carbonyl (C=O) groups is 3. The van der Waals surface area contributed by atoms with Crippen LogP contribution in [0.15, 0.2) is 53.1 Å². The highest BCUT2D eigenvalue weighted by molar-refractivity contribution is 6.15. The van der Waals surface area contributed by atoms with E-state index in [1.54, 1.807) is 24.3 Å². The average molecular weight is 432 g/mol. The number of aromatic nitrogens is 2. The van der Waals surface area contributed by atoms with Gasteiger partial charge in [0.1, 0.15) is 0 Å². The summed E-state index contributed by atoms with van der Waals surface area (Å²) >= 11 is 0. The first-order chi connectivity index (χ1) is 15.4. The number of likely N-dealkylation sites (N-methyl/N-ethyl adjacent to an activating group) is 1. The first-order valence-corrected chi connectivity index (χ1v) is 10.2. The molecule has 0 N–H and O–H groups in total. The molecule has 9 nitrogen and oxygen atoms in total. The maximum atomic E-state index is 13.3. The third-order valence-electron chi connectivity index (χ3n) is 6.05. The lowest BCUT2D eigenvalue weighted by molar-refractivity contribution is -0.158. The summed E-state index contributed by atoms with van der Waals surface area (Å²) in [6.45, 7) is 1.66. The summed E-state index contributed by atoms with van der Waals surface area (Å²) < 4.78 is 10.8. The Morgan fingerprint density at radius 2 is 1.84 bits per heavy atom. The number of amides is 2. The van der Waals surface area contributed by atoms with Crippen molar-refractivity contribution >= 4 is 23.5 Å². The summed E-state index contributed by atoms with van der Waals surface area (Å²) in [6, 6.07) is 14.3. The van der Waals surface area contributed by atoms with Crippen molar-refractivity contribution in [1.29, 1.82) is 0 Å². The van der Waals surface area contributed by atoms with Gasteiger partial charge < -0.3 is 14.2 Å². The maximum absolute atomic E-state index is 13.3. The molecular weight excluding hydrogens is 412 g/mol. The zero-order chi connectivity index (χ0) is 22.5. The molecule has 3 aromatic rings. The fourth-order valence-electron chi connectivity index (χ4n) is 4.38. The smallest absolute Gasteiger partial charge is 0.354 e. The molecule has 1 saturated heterocycles. The van der Waals surface area contributed by atoms with E-state index < -0.39 is 11.6 Å². The fourth-order valence-corrected chi connectivity index (χ4v) is 4.38. The highest BCUT2D eigenvalue weighted by atomic mass is 16.6. The van der Waals surface area contributed by atoms with Gasteiger partial charge in [-0.15, -0.1) is 0 Å². The number of fused-ring (bicyclic) bond motifs is 3. The van der Waals surface area contributed by atoms with Crippen LogP contribution in [0, 0.1) is 6.92 Å². The Kier molecular flexibility index (Phi) is 4.54. The van der Waals surface area contributed by atoms with Gasteiger partial charge in [0.15, 0.2) is 6.61 Å². The maximum Gasteiger partial charge on any atom is 0.354 e. The van der Waals surface area contributed by atoms with Crippen molar-refractivity contribution in [2.75, 3.05) is 11.9 Å². The number of hydrogen-bond acceptors (Lipinski definition) is 7. The van der Waals surface area contributed by atoms with Crippen molar-refractivity contribution in [2.24, 2.45) is 0 Å². The molecular formula is C23H20N4O5. The van der Waals surface area contributed by atoms with E-state index in [-0.39, 0.29) is 37.2 Å². The lowest BCUT2D eigenvalue weighted by Crippen LogP contribution is -2.67. The van der Waals surface area contributed by atoms with Gasteiger partial charge in [-0.2, -0.15) is 4.98 Å². The third kappa shape index (κ3) is 2.81. The second-order valence-corrected chi connectivity index (χ2v) is 7.83. The molecule has 0 radical (unpaired) electrons. The number of esters is 1. The van der Waals surface area contributed by atoms with Crippen LogP contribution in [0.2, 0.25) is 0 Å². The van der Waals surface area contributed by atoms with Gasteiger partial charge in [-0.05, 0) is 24.6 Å². The molecule has 0 aliphatic carbocycles. The topological polar surface area (TPSA) is 106 Å². The Hall–Kier alpha value is -4.01. The molecule has 0 spiro atoms. The quantitative estimate of drug-likeness (QED) is 0.584. The summed E-state index contributed by atoms with van der Waals surface area (Å²) in [5.74, 6) is -0.793. The minimum absolute atomic E-state index is 0.120. The predicted octanol–water partition coefficient (Wildman–Crippen LogP) is 2.70. The summed E-state index contributed by atoms with van der Waals surface area (Å²) in [4.78, 5) is 46.0. The summed E-state index contributed by atoms with van der Waals surface area (Å²) in [5.41, 5.74) is 1.04. The zero-order valence-corrected chi connectivity index (χ0v) is 17.6. The van der Waals surface area contributed by atoms with Crippen molar-refractivity contribution < 1.29 is 23.6 Å². The Bertz CT molecular complexity index is 1250. The second-order valence-electron chi connectivity index (χ2n) is 7.83. The Balaban J connectivity index is 1.42. The molecule has 3 heterocycles. The summed E-state index contributed by atoms with van der Waals surface area (Å²) in [6.07, 6.45) is 0.262. The van der Waals surface area contributed by atoms with Gasteiger partial charge in [0.05, 0.1) is 11.3 Å². The molecule has 1 fully saturated rings. The van der Waals surface area contributed by atoms with Gasteiger partial charge >= 0.3 is 5.97 Å². The molecule has 0 saturated carbocycles. The third-order valence-corrected chi connectivity index (χ3v) is 6.05. The highest BCUT2D eigenvalue weighted by Crippen LogP contribution is 2.44. The minimum Gasteiger partial charge on any atom is -0.452 e. The average Bonchev–Trinajstić information content (AvgIpc) is 3.41. The van der Waals surface area contributed by atoms with E-state index in [0.29, 0.717) is 17.1 Å². The molecule has 162 valence electrons. The van der Waals surface area contributed by atoms with Crippen molar-refractivity contribution in [3.8, 4) is 11.4 Å². The monoisotopic (exact) mass is 432 g/mol. The normalized spacial score (nSPS) is 19.7. The van der Waals surface area contributed by atoms with E-state index in [0.717, 1.165) is 11.1 Å². The molecule has 5 rings (SSSR count). The molecule has 0 bridgehead atoms. The van der Waals surface area contributed by atoms with E-state index in [9.17, 15) is 14.4 Å². The Labute approximate surface area is 183 Å². The van der Waals surface area contributed by atoms with E-state index in [2.05, 4.69) is 10.1 Å². The van der Waals surface area contributed by atoms with Crippen LogP contribution >= 0.6 is 0 Å². The number of ether oxygens (including phenoxy) is 1. The first kappa shape index (κ1) is 19.9. The lowest BCUT2D eigenvalue weighted by atomic mass is 9.97. The standard InChI is InChI=1S/C23H20N4O5/c1-14-7-3-4-8-15(14)20-24-18(32-25-20)13-31-22(30)23-12-11-19(28)27(23)17-10-6-5-9-16(17)21(29)26(23)2/h3-10H,11-13H2,1-2H3. The number of benzene rings is 2. The number of para-hydroxylation sites is 1. The van der Waals surface area contributed by atoms with Crippen LogP contribution in [-0.2, 0) is 20.9 Å². The number of aryl methyl sites for hydroxylation is 1. The molecule has 1 atom stereocenters. The molecule has 2 amide bonds. The van der Waals surface area contributed by atoms with Gasteiger partial charge in [-0.1, -0.05) is 41.6 Å². The largest absolute Gasteiger partial charge is 0.452 e. The zero-order valence-electron chi connectivity index (χ0n) is 17.6. The number of anilines is 1. The number of nitrogens with zero attached hydrogens (tertiary/aromatic N) is 4. The van der Waals surface area contributed by atoms with Crippen LogP contribution in [-0.4, -0.2) is 45.5 Å². The van der Waals surface area contributed by atoms with Crippen molar-refractivity contribution in [1.82, 2.24) is 15.0 Å². The summed E-state index contributed by atoms with van der Waals surface area (Å²) in [7, 11) is 1.51. The van der Waals surface area contributed by atoms with Crippen molar-refractivity contribution in [3.63, 3.8) is 0 Å². The van der Waals surface area contributed by atoms with E-state index in [1.807, 2.05) is 31.2 Å². The van der Waals surface area contributed by atoms with Gasteiger partial charge in [0.2, 0.25) is 17.4 Å². The molecule has 2 aliphatic heterocycles. The number of hydrogen-bond donors (Lipinski definition) is 0. The van der Waals surface area contributed by atoms with E-state index in [1.165, 1.54) is 16.8 Å². The van der Waals surface area contributed by atoms with Gasteiger partial charge in [-0.25, -0.2) is 4.79 Å². The van der Waals surface area contributed by atoms with Crippen molar-refractivity contribution in [3.05, 3.63) is 65.5 Å². The predicted molar refractivity (Wildman–Crippen MR) is 112 cm³/mol. The fraction of sp³-hybridized carbons (Fsp3) is 0.261. The molecule has 2 aliphatic rings.